The highest BCUT2D eigenvalue weighted by Crippen LogP contribution is 2.33. The maximum absolute atomic E-state index is 13.0. The molecule has 1 atom stereocenters. The highest BCUT2D eigenvalue weighted by molar-refractivity contribution is 6.03. The lowest BCUT2D eigenvalue weighted by Crippen LogP contribution is -2.31. The Labute approximate surface area is 184 Å². The molecule has 0 saturated heterocycles. The van der Waals surface area contributed by atoms with E-state index >= 15 is 0 Å². The zero-order chi connectivity index (χ0) is 22.5. The fraction of sp³-hybridized carbons (Fsp3) is 0.167. The van der Waals surface area contributed by atoms with Gasteiger partial charge in [0.05, 0.1) is 23.8 Å². The quantitative estimate of drug-likeness (QED) is 0.409. The van der Waals surface area contributed by atoms with Gasteiger partial charge in [0.2, 0.25) is 0 Å². The number of benzene rings is 3. The monoisotopic (exact) mass is 431 g/mol. The molecule has 1 aliphatic heterocycles. The van der Waals surface area contributed by atoms with Crippen molar-refractivity contribution in [2.45, 2.75) is 12.5 Å². The minimum atomic E-state index is -0.488. The maximum Gasteiger partial charge on any atom is 0.281 e. The Balaban J connectivity index is 1.54. The van der Waals surface area contributed by atoms with Crippen LogP contribution in [-0.2, 0) is 4.79 Å². The van der Waals surface area contributed by atoms with Gasteiger partial charge in [0.1, 0.15) is 11.5 Å². The van der Waals surface area contributed by atoms with Crippen molar-refractivity contribution in [3.8, 4) is 11.5 Å². The van der Waals surface area contributed by atoms with Gasteiger partial charge in [0.15, 0.2) is 6.61 Å². The predicted octanol–water partition coefficient (Wildman–Crippen LogP) is 4.36. The Bertz CT molecular complexity index is 1130. The van der Waals surface area contributed by atoms with Gasteiger partial charge in [-0.15, -0.1) is 0 Å². The number of nitro groups is 1. The van der Waals surface area contributed by atoms with Crippen LogP contribution in [0.4, 0.5) is 5.69 Å². The SMILES string of the molecule is COc1ccc(C2CC(c3ccccc3)=NN2C(=O)COc2ccc([N+](=O)[O-])cc2)cc1. The number of hydrogen-bond acceptors (Lipinski definition) is 6. The lowest BCUT2D eigenvalue weighted by molar-refractivity contribution is -0.384. The number of ether oxygens (including phenoxy) is 2. The van der Waals surface area contributed by atoms with Crippen LogP contribution in [0, 0.1) is 10.1 Å². The highest BCUT2D eigenvalue weighted by Gasteiger charge is 2.33. The molecule has 0 aliphatic carbocycles. The molecule has 0 N–H and O–H groups in total. The molecule has 1 unspecified atom stereocenters. The first-order valence-corrected chi connectivity index (χ1v) is 10.0. The van der Waals surface area contributed by atoms with E-state index in [0.717, 1.165) is 22.6 Å². The van der Waals surface area contributed by atoms with Gasteiger partial charge in [0, 0.05) is 18.6 Å². The number of methoxy groups -OCH3 is 1. The van der Waals surface area contributed by atoms with E-state index in [1.807, 2.05) is 54.6 Å². The number of carbonyl (C=O) groups is 1. The molecule has 0 spiro atoms. The molecule has 1 aliphatic rings. The third-order valence-corrected chi connectivity index (χ3v) is 5.18. The Hall–Kier alpha value is -4.20. The molecule has 8 heteroatoms. The molecule has 0 aromatic heterocycles. The second kappa shape index (κ2) is 9.30. The molecule has 1 heterocycles. The molecule has 162 valence electrons. The first-order chi connectivity index (χ1) is 15.5. The van der Waals surface area contributed by atoms with E-state index in [9.17, 15) is 14.9 Å². The molecule has 0 saturated carbocycles. The number of nitrogens with zero attached hydrogens (tertiary/aromatic N) is 3. The van der Waals surface area contributed by atoms with Gasteiger partial charge in [-0.2, -0.15) is 5.10 Å². The molecule has 32 heavy (non-hydrogen) atoms. The molecule has 0 fully saturated rings. The van der Waals surface area contributed by atoms with Crippen molar-refractivity contribution in [2.75, 3.05) is 13.7 Å². The van der Waals surface area contributed by atoms with E-state index < -0.39 is 4.92 Å². The second-order valence-electron chi connectivity index (χ2n) is 7.18. The zero-order valence-corrected chi connectivity index (χ0v) is 17.4. The van der Waals surface area contributed by atoms with Gasteiger partial charge in [-0.1, -0.05) is 42.5 Å². The third-order valence-electron chi connectivity index (χ3n) is 5.18. The van der Waals surface area contributed by atoms with Gasteiger partial charge in [0.25, 0.3) is 11.6 Å². The number of rotatable bonds is 7. The summed E-state index contributed by atoms with van der Waals surface area (Å²) in [5.41, 5.74) is 2.66. The summed E-state index contributed by atoms with van der Waals surface area (Å²) < 4.78 is 10.8. The number of nitro benzene ring substituents is 1. The Morgan fingerprint density at radius 3 is 2.31 bits per heavy atom. The van der Waals surface area contributed by atoms with Gasteiger partial charge in [-0.05, 0) is 35.4 Å². The van der Waals surface area contributed by atoms with E-state index in [1.165, 1.54) is 29.3 Å². The first-order valence-electron chi connectivity index (χ1n) is 10.0. The third kappa shape index (κ3) is 4.59. The van der Waals surface area contributed by atoms with E-state index in [-0.39, 0.29) is 24.2 Å². The van der Waals surface area contributed by atoms with Crippen LogP contribution in [0.1, 0.15) is 23.6 Å². The van der Waals surface area contributed by atoms with Gasteiger partial charge < -0.3 is 9.47 Å². The maximum atomic E-state index is 13.0. The summed E-state index contributed by atoms with van der Waals surface area (Å²) in [6.07, 6.45) is 0.569. The average molecular weight is 431 g/mol. The van der Waals surface area contributed by atoms with Crippen LogP contribution >= 0.6 is 0 Å². The fourth-order valence-electron chi connectivity index (χ4n) is 3.51. The van der Waals surface area contributed by atoms with Crippen molar-refractivity contribution in [3.63, 3.8) is 0 Å². The standard InChI is InChI=1S/C24H21N3O5/c1-31-20-11-7-18(8-12-20)23-15-22(17-5-3-2-4-6-17)25-26(23)24(28)16-32-21-13-9-19(10-14-21)27(29)30/h2-14,23H,15-16H2,1H3. The molecule has 8 nitrogen and oxygen atoms in total. The van der Waals surface area contributed by atoms with Crippen LogP contribution in [0.3, 0.4) is 0 Å². The molecular formula is C24H21N3O5. The average Bonchev–Trinajstić information content (AvgIpc) is 3.29. The summed E-state index contributed by atoms with van der Waals surface area (Å²) in [7, 11) is 1.60. The van der Waals surface area contributed by atoms with Crippen molar-refractivity contribution in [1.29, 1.82) is 0 Å². The fourth-order valence-corrected chi connectivity index (χ4v) is 3.51. The number of carbonyl (C=O) groups excluding carboxylic acids is 1. The summed E-state index contributed by atoms with van der Waals surface area (Å²) in [4.78, 5) is 23.3. The minimum absolute atomic E-state index is 0.0418. The van der Waals surface area contributed by atoms with Crippen LogP contribution in [0.25, 0.3) is 0 Å². The van der Waals surface area contributed by atoms with Crippen LogP contribution < -0.4 is 9.47 Å². The smallest absolute Gasteiger partial charge is 0.281 e. The Kier molecular flexibility index (Phi) is 6.12. The van der Waals surface area contributed by atoms with Crippen LogP contribution in [-0.4, -0.2) is 35.3 Å². The Morgan fingerprint density at radius 2 is 1.69 bits per heavy atom. The number of hydrazone groups is 1. The van der Waals surface area contributed by atoms with Crippen molar-refractivity contribution in [2.24, 2.45) is 5.10 Å². The summed E-state index contributed by atoms with van der Waals surface area (Å²) in [5, 5.41) is 16.9. The lowest BCUT2D eigenvalue weighted by atomic mass is 9.98. The topological polar surface area (TPSA) is 94.3 Å². The van der Waals surface area contributed by atoms with Crippen molar-refractivity contribution >= 4 is 17.3 Å². The van der Waals surface area contributed by atoms with Gasteiger partial charge >= 0.3 is 0 Å². The molecule has 0 radical (unpaired) electrons. The molecule has 1 amide bonds. The normalized spacial score (nSPS) is 15.2. The highest BCUT2D eigenvalue weighted by atomic mass is 16.6. The second-order valence-corrected chi connectivity index (χ2v) is 7.18. The van der Waals surface area contributed by atoms with E-state index in [2.05, 4.69) is 5.10 Å². The molecule has 3 aromatic rings. The van der Waals surface area contributed by atoms with Crippen LogP contribution in [0.2, 0.25) is 0 Å². The van der Waals surface area contributed by atoms with Crippen LogP contribution in [0.15, 0.2) is 84.0 Å². The van der Waals surface area contributed by atoms with Crippen molar-refractivity contribution in [1.82, 2.24) is 5.01 Å². The van der Waals surface area contributed by atoms with E-state index in [0.29, 0.717) is 12.2 Å². The molecule has 3 aromatic carbocycles. The lowest BCUT2D eigenvalue weighted by Gasteiger charge is -2.22. The molecular weight excluding hydrogens is 410 g/mol. The van der Waals surface area contributed by atoms with Gasteiger partial charge in [-0.25, -0.2) is 5.01 Å². The minimum Gasteiger partial charge on any atom is -0.497 e. The zero-order valence-electron chi connectivity index (χ0n) is 17.4. The molecule has 0 bridgehead atoms. The number of non-ortho nitro benzene ring substituents is 1. The van der Waals surface area contributed by atoms with E-state index in [1.54, 1.807) is 7.11 Å². The summed E-state index contributed by atoms with van der Waals surface area (Å²) >= 11 is 0. The largest absolute Gasteiger partial charge is 0.497 e. The van der Waals surface area contributed by atoms with Crippen LogP contribution in [0.5, 0.6) is 11.5 Å². The number of amides is 1. The Morgan fingerprint density at radius 1 is 1.03 bits per heavy atom. The number of hydrogen-bond donors (Lipinski definition) is 0. The van der Waals surface area contributed by atoms with Crippen molar-refractivity contribution < 1.29 is 19.2 Å². The summed E-state index contributed by atoms with van der Waals surface area (Å²) in [6, 6.07) is 22.6. The van der Waals surface area contributed by atoms with Crippen molar-refractivity contribution in [3.05, 3.63) is 100 Å². The van der Waals surface area contributed by atoms with Gasteiger partial charge in [-0.3, -0.25) is 14.9 Å². The summed E-state index contributed by atoms with van der Waals surface area (Å²) in [6.45, 7) is -0.240. The molecule has 4 rings (SSSR count). The predicted molar refractivity (Wildman–Crippen MR) is 119 cm³/mol. The van der Waals surface area contributed by atoms with E-state index in [4.69, 9.17) is 9.47 Å². The summed E-state index contributed by atoms with van der Waals surface area (Å²) in [5.74, 6) is 0.793. The first kappa shape index (κ1) is 21.0.